The number of carbonyl (C=O) groups is 2. The zero-order chi connectivity index (χ0) is 28.6. The molecule has 0 N–H and O–H groups in total. The molecule has 40 heavy (non-hydrogen) atoms. The van der Waals surface area contributed by atoms with Crippen molar-refractivity contribution in [3.8, 4) is 16.9 Å². The summed E-state index contributed by atoms with van der Waals surface area (Å²) in [6, 6.07) is 16.1. The Hall–Kier alpha value is -3.83. The molecular weight excluding hydrogens is 539 g/mol. The van der Waals surface area contributed by atoms with Crippen LogP contribution < -0.4 is 4.74 Å². The lowest BCUT2D eigenvalue weighted by molar-refractivity contribution is -0.144. The van der Waals surface area contributed by atoms with Gasteiger partial charge in [-0.25, -0.2) is 13.2 Å². The Labute approximate surface area is 226 Å². The van der Waals surface area contributed by atoms with Gasteiger partial charge in [0.25, 0.3) is 0 Å². The van der Waals surface area contributed by atoms with Crippen LogP contribution in [0.2, 0.25) is 0 Å². The van der Waals surface area contributed by atoms with E-state index in [1.807, 2.05) is 36.4 Å². The van der Waals surface area contributed by atoms with Gasteiger partial charge in [0.15, 0.2) is 0 Å². The van der Waals surface area contributed by atoms with E-state index in [9.17, 15) is 31.5 Å². The first-order chi connectivity index (χ1) is 19.3. The predicted molar refractivity (Wildman–Crippen MR) is 132 cm³/mol. The number of hydrogen-bond donors (Lipinski definition) is 0. The molecule has 0 bridgehead atoms. The summed E-state index contributed by atoms with van der Waals surface area (Å²) < 4.78 is 86.7. The van der Waals surface area contributed by atoms with Crippen molar-refractivity contribution in [2.24, 2.45) is 0 Å². The van der Waals surface area contributed by atoms with E-state index < -0.39 is 47.2 Å². The average molecular weight is 565 g/mol. The molecule has 0 atom stereocenters. The van der Waals surface area contributed by atoms with Gasteiger partial charge in [0.2, 0.25) is 34.8 Å². The van der Waals surface area contributed by atoms with Gasteiger partial charge in [0.05, 0.1) is 26.2 Å². The van der Waals surface area contributed by atoms with E-state index >= 15 is 0 Å². The number of esters is 2. The topological polar surface area (TPSA) is 71.1 Å². The molecule has 1 aliphatic rings. The first-order valence-corrected chi connectivity index (χ1v) is 12.5. The monoisotopic (exact) mass is 564 g/mol. The molecule has 3 aromatic rings. The van der Waals surface area contributed by atoms with Crippen molar-refractivity contribution >= 4 is 11.9 Å². The number of ether oxygens (including phenoxy) is 4. The molecule has 6 nitrogen and oxygen atoms in total. The first-order valence-electron chi connectivity index (χ1n) is 12.5. The van der Waals surface area contributed by atoms with E-state index in [-0.39, 0.29) is 51.3 Å². The summed E-state index contributed by atoms with van der Waals surface area (Å²) in [4.78, 5) is 23.9. The molecule has 0 fully saturated rings. The minimum absolute atomic E-state index is 0.0156. The van der Waals surface area contributed by atoms with Gasteiger partial charge in [-0.1, -0.05) is 48.5 Å². The smallest absolute Gasteiger partial charge is 0.313 e. The molecule has 0 amide bonds. The van der Waals surface area contributed by atoms with Gasteiger partial charge in [-0.05, 0) is 28.7 Å². The molecule has 0 saturated carbocycles. The summed E-state index contributed by atoms with van der Waals surface area (Å²) in [7, 11) is 0. The number of hydrogen-bond acceptors (Lipinski definition) is 6. The van der Waals surface area contributed by atoms with E-state index in [0.717, 1.165) is 22.3 Å². The number of carbonyl (C=O) groups excluding carboxylic acids is 2. The summed E-state index contributed by atoms with van der Waals surface area (Å²) in [5, 5.41) is 0. The van der Waals surface area contributed by atoms with E-state index in [0.29, 0.717) is 6.42 Å². The quantitative estimate of drug-likeness (QED) is 0.0648. The third-order valence-electron chi connectivity index (χ3n) is 6.25. The van der Waals surface area contributed by atoms with Crippen LogP contribution in [-0.2, 0) is 23.8 Å². The highest BCUT2D eigenvalue weighted by Crippen LogP contribution is 2.44. The molecule has 0 spiro atoms. The second-order valence-corrected chi connectivity index (χ2v) is 8.86. The largest absolute Gasteiger partial charge is 0.465 e. The van der Waals surface area contributed by atoms with Crippen LogP contribution in [0.3, 0.4) is 0 Å². The van der Waals surface area contributed by atoms with Gasteiger partial charge < -0.3 is 18.9 Å². The molecule has 0 aromatic heterocycles. The van der Waals surface area contributed by atoms with Crippen LogP contribution in [0.5, 0.6) is 5.75 Å². The Bertz CT molecular complexity index is 1300. The zero-order valence-electron chi connectivity index (χ0n) is 21.2. The molecule has 0 radical (unpaired) electrons. The van der Waals surface area contributed by atoms with E-state index in [1.165, 1.54) is 0 Å². The minimum Gasteiger partial charge on any atom is -0.465 e. The lowest BCUT2D eigenvalue weighted by atomic mass is 9.98. The van der Waals surface area contributed by atoms with Gasteiger partial charge in [0.1, 0.15) is 6.61 Å². The van der Waals surface area contributed by atoms with Crippen LogP contribution in [-0.4, -0.2) is 45.0 Å². The molecule has 0 unspecified atom stereocenters. The molecule has 1 aliphatic carbocycles. The molecular formula is C29H25F5O6. The number of halogens is 5. The van der Waals surface area contributed by atoms with E-state index in [4.69, 9.17) is 14.2 Å². The second kappa shape index (κ2) is 13.5. The van der Waals surface area contributed by atoms with Crippen molar-refractivity contribution in [2.75, 3.05) is 33.0 Å². The van der Waals surface area contributed by atoms with Crippen LogP contribution in [0.25, 0.3) is 11.1 Å². The summed E-state index contributed by atoms with van der Waals surface area (Å²) in [5.41, 5.74) is 4.55. The van der Waals surface area contributed by atoms with Crippen LogP contribution in [0, 0.1) is 29.1 Å². The molecule has 0 aliphatic heterocycles. The molecule has 4 rings (SSSR count). The van der Waals surface area contributed by atoms with Crippen molar-refractivity contribution < 1.29 is 50.5 Å². The molecule has 11 heteroatoms. The first kappa shape index (κ1) is 29.2. The fraction of sp³-hybridized carbons (Fsp3) is 0.310. The lowest BCUT2D eigenvalue weighted by Gasteiger charge is -2.14. The number of rotatable bonds is 13. The zero-order valence-corrected chi connectivity index (χ0v) is 21.2. The summed E-state index contributed by atoms with van der Waals surface area (Å²) in [5.74, 6) is -14.5. The maximum Gasteiger partial charge on any atom is 0.313 e. The van der Waals surface area contributed by atoms with Crippen molar-refractivity contribution in [3.05, 3.63) is 88.7 Å². The van der Waals surface area contributed by atoms with Crippen LogP contribution >= 0.6 is 0 Å². The van der Waals surface area contributed by atoms with Gasteiger partial charge in [-0.2, -0.15) is 8.78 Å². The van der Waals surface area contributed by atoms with E-state index in [1.54, 1.807) is 0 Å². The van der Waals surface area contributed by atoms with E-state index in [2.05, 4.69) is 16.9 Å². The molecule has 0 saturated heterocycles. The summed E-state index contributed by atoms with van der Waals surface area (Å²) >= 11 is 0. The highest BCUT2D eigenvalue weighted by molar-refractivity contribution is 5.79. The normalized spacial score (nSPS) is 12.2. The van der Waals surface area contributed by atoms with Crippen LogP contribution in [0.4, 0.5) is 22.0 Å². The highest BCUT2D eigenvalue weighted by Gasteiger charge is 2.30. The lowest BCUT2D eigenvalue weighted by Crippen LogP contribution is -2.16. The SMILES string of the molecule is O=C(CCCOCCOCCC(=O)Oc1c(F)c(F)c(F)c(F)c1F)OCC1c2ccccc2-c2ccccc21. The van der Waals surface area contributed by atoms with Crippen molar-refractivity contribution in [3.63, 3.8) is 0 Å². The Morgan fingerprint density at radius 2 is 1.15 bits per heavy atom. The van der Waals surface area contributed by atoms with Crippen molar-refractivity contribution in [2.45, 2.75) is 25.2 Å². The molecule has 212 valence electrons. The van der Waals surface area contributed by atoms with Crippen molar-refractivity contribution in [1.29, 1.82) is 0 Å². The summed E-state index contributed by atoms with van der Waals surface area (Å²) in [6.45, 7) is 0.458. The standard InChI is InChI=1S/C29H25F5O6/c30-24-25(31)27(33)29(28(34)26(24)32)40-23(36)11-13-38-15-14-37-12-5-10-22(35)39-16-21-19-8-3-1-6-17(19)18-7-2-4-9-20(18)21/h1-4,6-9,21H,5,10-16H2. The molecule has 0 heterocycles. The predicted octanol–water partition coefficient (Wildman–Crippen LogP) is 5.85. The second-order valence-electron chi connectivity index (χ2n) is 8.86. The minimum atomic E-state index is -2.35. The summed E-state index contributed by atoms with van der Waals surface area (Å²) in [6.07, 6.45) is 0.0899. The maximum atomic E-state index is 13.5. The number of fused-ring (bicyclic) bond motifs is 3. The van der Waals surface area contributed by atoms with Gasteiger partial charge in [-0.15, -0.1) is 0 Å². The average Bonchev–Trinajstić information content (AvgIpc) is 3.29. The Kier molecular flexibility index (Phi) is 9.84. The highest BCUT2D eigenvalue weighted by atomic mass is 19.2. The Morgan fingerprint density at radius 3 is 1.75 bits per heavy atom. The van der Waals surface area contributed by atoms with Gasteiger partial charge in [0, 0.05) is 18.9 Å². The van der Waals surface area contributed by atoms with Crippen LogP contribution in [0.1, 0.15) is 36.3 Å². The fourth-order valence-electron chi connectivity index (χ4n) is 4.32. The Morgan fingerprint density at radius 1 is 0.625 bits per heavy atom. The third-order valence-corrected chi connectivity index (χ3v) is 6.25. The fourth-order valence-corrected chi connectivity index (χ4v) is 4.32. The van der Waals surface area contributed by atoms with Crippen molar-refractivity contribution in [1.82, 2.24) is 0 Å². The number of benzene rings is 3. The van der Waals surface area contributed by atoms with Gasteiger partial charge >= 0.3 is 11.9 Å². The third kappa shape index (κ3) is 6.65. The molecule has 3 aromatic carbocycles. The maximum absolute atomic E-state index is 13.5. The Balaban J connectivity index is 1.07. The van der Waals surface area contributed by atoms with Gasteiger partial charge in [-0.3, -0.25) is 9.59 Å². The van der Waals surface area contributed by atoms with Crippen LogP contribution in [0.15, 0.2) is 48.5 Å².